The number of carbonyl (C=O) groups excluding carboxylic acids is 1. The quantitative estimate of drug-likeness (QED) is 0.652. The number of carbonyl (C=O) groups is 1. The third kappa shape index (κ3) is 3.76. The Balaban J connectivity index is 1.28. The first-order chi connectivity index (χ1) is 14.7. The average Bonchev–Trinajstić information content (AvgIpc) is 3.39. The van der Waals surface area contributed by atoms with E-state index >= 15 is 0 Å². The minimum absolute atomic E-state index is 0.00311. The maximum Gasteiger partial charge on any atom is 0.289 e. The second-order valence-electron chi connectivity index (χ2n) is 8.71. The zero-order valence-electron chi connectivity index (χ0n) is 17.7. The lowest BCUT2D eigenvalue weighted by molar-refractivity contribution is 0.0667. The Hall–Kier alpha value is -2.60. The van der Waals surface area contributed by atoms with Crippen LogP contribution in [0.4, 0.5) is 0 Å². The van der Waals surface area contributed by atoms with Gasteiger partial charge >= 0.3 is 0 Å². The highest BCUT2D eigenvalue weighted by Gasteiger charge is 2.29. The Morgan fingerprint density at radius 2 is 1.90 bits per heavy atom. The van der Waals surface area contributed by atoms with Crippen molar-refractivity contribution in [2.75, 3.05) is 26.2 Å². The number of fused-ring (bicyclic) bond motifs is 1. The molecule has 3 aromatic rings. The van der Waals surface area contributed by atoms with E-state index in [1.54, 1.807) is 0 Å². The van der Waals surface area contributed by atoms with Gasteiger partial charge in [-0.25, -0.2) is 4.98 Å². The molecular weight excluding hydrogens is 376 g/mol. The predicted molar refractivity (Wildman–Crippen MR) is 116 cm³/mol. The van der Waals surface area contributed by atoms with E-state index in [0.717, 1.165) is 61.6 Å². The van der Waals surface area contributed by atoms with E-state index in [9.17, 15) is 4.79 Å². The first-order valence-electron chi connectivity index (χ1n) is 11.2. The number of likely N-dealkylation sites (tertiary alicyclic amines) is 2. The van der Waals surface area contributed by atoms with Crippen molar-refractivity contribution in [2.45, 2.75) is 44.6 Å². The molecule has 2 saturated heterocycles. The van der Waals surface area contributed by atoms with Crippen LogP contribution in [0.5, 0.6) is 0 Å². The van der Waals surface area contributed by atoms with Crippen LogP contribution in [0.3, 0.4) is 0 Å². The van der Waals surface area contributed by atoms with Gasteiger partial charge in [-0.05, 0) is 63.0 Å². The second kappa shape index (κ2) is 8.26. The summed E-state index contributed by atoms with van der Waals surface area (Å²) in [4.78, 5) is 22.4. The van der Waals surface area contributed by atoms with Gasteiger partial charge in [-0.3, -0.25) is 9.69 Å². The Labute approximate surface area is 177 Å². The summed E-state index contributed by atoms with van der Waals surface area (Å²) in [5.74, 6) is 2.68. The molecule has 5 rings (SSSR count). The molecule has 158 valence electrons. The Kier molecular flexibility index (Phi) is 5.34. The molecule has 1 amide bonds. The van der Waals surface area contributed by atoms with Gasteiger partial charge in [-0.2, -0.15) is 0 Å². The molecule has 2 aliphatic rings. The smallest absolute Gasteiger partial charge is 0.289 e. The fraction of sp³-hybridized carbons (Fsp3) is 0.500. The zero-order valence-corrected chi connectivity index (χ0v) is 17.7. The molecule has 1 unspecified atom stereocenters. The van der Waals surface area contributed by atoms with Gasteiger partial charge in [0.25, 0.3) is 5.91 Å². The van der Waals surface area contributed by atoms with Gasteiger partial charge in [0.05, 0.1) is 17.6 Å². The van der Waals surface area contributed by atoms with Gasteiger partial charge < -0.3 is 13.9 Å². The maximum atomic E-state index is 13.1. The molecule has 0 spiro atoms. The number of hydrogen-bond acceptors (Lipinski definition) is 4. The molecule has 0 aliphatic carbocycles. The lowest BCUT2D eigenvalue weighted by atomic mass is 9.97. The number of hydrogen-bond donors (Lipinski definition) is 0. The Morgan fingerprint density at radius 1 is 1.07 bits per heavy atom. The number of benzene rings is 1. The molecule has 0 saturated carbocycles. The van der Waals surface area contributed by atoms with Crippen molar-refractivity contribution in [1.82, 2.24) is 19.4 Å². The first-order valence-corrected chi connectivity index (χ1v) is 11.2. The summed E-state index contributed by atoms with van der Waals surface area (Å²) in [7, 11) is 2.07. The zero-order chi connectivity index (χ0) is 20.5. The molecule has 6 nitrogen and oxygen atoms in total. The largest absolute Gasteiger partial charge is 0.455 e. The molecule has 6 heteroatoms. The van der Waals surface area contributed by atoms with Crippen molar-refractivity contribution in [2.24, 2.45) is 7.05 Å². The summed E-state index contributed by atoms with van der Waals surface area (Å²) in [6, 6.07) is 12.0. The number of rotatable bonds is 4. The number of piperidine rings is 2. The van der Waals surface area contributed by atoms with Crippen LogP contribution in [0.15, 0.2) is 40.8 Å². The maximum absolute atomic E-state index is 13.1. The molecule has 0 radical (unpaired) electrons. The van der Waals surface area contributed by atoms with E-state index in [2.05, 4.69) is 28.6 Å². The van der Waals surface area contributed by atoms with E-state index in [4.69, 9.17) is 9.40 Å². The van der Waals surface area contributed by atoms with Crippen LogP contribution in [0.1, 0.15) is 60.2 Å². The molecule has 2 fully saturated rings. The third-order valence-corrected chi connectivity index (χ3v) is 6.60. The monoisotopic (exact) mass is 406 g/mol. The summed E-state index contributed by atoms with van der Waals surface area (Å²) in [5.41, 5.74) is 2.16. The highest BCUT2D eigenvalue weighted by Crippen LogP contribution is 2.29. The van der Waals surface area contributed by atoms with E-state index in [1.165, 1.54) is 19.3 Å². The summed E-state index contributed by atoms with van der Waals surface area (Å²) in [6.07, 6.45) is 5.87. The predicted octanol–water partition coefficient (Wildman–Crippen LogP) is 4.17. The third-order valence-electron chi connectivity index (χ3n) is 6.60. The van der Waals surface area contributed by atoms with Gasteiger partial charge in [-0.1, -0.05) is 18.6 Å². The lowest BCUT2D eigenvalue weighted by Crippen LogP contribution is -2.39. The second-order valence-corrected chi connectivity index (χ2v) is 8.71. The molecule has 2 aromatic heterocycles. The highest BCUT2D eigenvalue weighted by atomic mass is 16.4. The molecule has 30 heavy (non-hydrogen) atoms. The normalized spacial score (nSPS) is 20.7. The number of aromatic nitrogens is 2. The van der Waals surface area contributed by atoms with Crippen molar-refractivity contribution in [3.8, 4) is 0 Å². The summed E-state index contributed by atoms with van der Waals surface area (Å²) in [6.45, 7) is 4.51. The average molecular weight is 407 g/mol. The fourth-order valence-electron chi connectivity index (χ4n) is 4.97. The van der Waals surface area contributed by atoms with Crippen molar-refractivity contribution in [1.29, 1.82) is 0 Å². The minimum Gasteiger partial charge on any atom is -0.455 e. The Morgan fingerprint density at radius 3 is 2.73 bits per heavy atom. The fourth-order valence-corrected chi connectivity index (χ4v) is 4.97. The molecule has 4 heterocycles. The lowest BCUT2D eigenvalue weighted by Gasteiger charge is -2.32. The van der Waals surface area contributed by atoms with Gasteiger partial charge in [0, 0.05) is 26.1 Å². The summed E-state index contributed by atoms with van der Waals surface area (Å²) in [5, 5.41) is 0. The van der Waals surface area contributed by atoms with Gasteiger partial charge in [-0.15, -0.1) is 0 Å². The van der Waals surface area contributed by atoms with Crippen LogP contribution in [-0.2, 0) is 13.6 Å². The number of nitrogens with zero attached hydrogens (tertiary/aromatic N) is 4. The van der Waals surface area contributed by atoms with Crippen molar-refractivity contribution < 1.29 is 9.21 Å². The molecule has 1 aromatic carbocycles. The van der Waals surface area contributed by atoms with Crippen LogP contribution >= 0.6 is 0 Å². The van der Waals surface area contributed by atoms with Crippen molar-refractivity contribution in [3.63, 3.8) is 0 Å². The van der Waals surface area contributed by atoms with Gasteiger partial charge in [0.1, 0.15) is 11.6 Å². The van der Waals surface area contributed by atoms with Crippen LogP contribution < -0.4 is 0 Å². The van der Waals surface area contributed by atoms with Crippen LogP contribution in [-0.4, -0.2) is 51.4 Å². The summed E-state index contributed by atoms with van der Waals surface area (Å²) >= 11 is 0. The number of aryl methyl sites for hydroxylation is 1. The van der Waals surface area contributed by atoms with Crippen molar-refractivity contribution >= 4 is 16.9 Å². The molecule has 1 atom stereocenters. The van der Waals surface area contributed by atoms with E-state index in [1.807, 2.05) is 29.2 Å². The first kappa shape index (κ1) is 19.4. The van der Waals surface area contributed by atoms with Gasteiger partial charge in [0.2, 0.25) is 0 Å². The van der Waals surface area contributed by atoms with Crippen LogP contribution in [0.2, 0.25) is 0 Å². The number of furan rings is 1. The molecular formula is C24H30N4O2. The van der Waals surface area contributed by atoms with Crippen LogP contribution in [0.25, 0.3) is 11.0 Å². The topological polar surface area (TPSA) is 54.5 Å². The van der Waals surface area contributed by atoms with E-state index < -0.39 is 0 Å². The molecule has 0 bridgehead atoms. The number of amides is 1. The van der Waals surface area contributed by atoms with E-state index in [-0.39, 0.29) is 11.8 Å². The molecule has 2 aliphatic heterocycles. The molecule has 0 N–H and O–H groups in total. The highest BCUT2D eigenvalue weighted by molar-refractivity contribution is 5.91. The van der Waals surface area contributed by atoms with E-state index in [0.29, 0.717) is 12.3 Å². The SMILES string of the molecule is Cn1c(C2CCCN(C(=O)c3ccc(CN4CCCCC4)o3)C2)nc2ccccc21. The Bertz CT molecular complexity index is 1030. The van der Waals surface area contributed by atoms with Gasteiger partial charge in [0.15, 0.2) is 5.76 Å². The van der Waals surface area contributed by atoms with Crippen LogP contribution in [0, 0.1) is 0 Å². The minimum atomic E-state index is 0.00311. The summed E-state index contributed by atoms with van der Waals surface area (Å²) < 4.78 is 8.14. The number of para-hydroxylation sites is 2. The standard InChI is InChI=1S/C24H30N4O2/c1-26-21-10-4-3-9-20(21)25-23(26)18-8-7-15-28(16-18)24(29)22-12-11-19(30-22)17-27-13-5-2-6-14-27/h3-4,9-12,18H,2,5-8,13-17H2,1H3. The van der Waals surface area contributed by atoms with Crippen molar-refractivity contribution in [3.05, 3.63) is 53.7 Å². The number of imidazole rings is 1.